The molecule has 4 aromatic rings. The van der Waals surface area contributed by atoms with Gasteiger partial charge in [-0.3, -0.25) is 9.10 Å². The largest absolute Gasteiger partial charge is 0.495 e. The molecule has 6 nitrogen and oxygen atoms in total. The van der Waals surface area contributed by atoms with Crippen LogP contribution in [0.15, 0.2) is 102 Å². The lowest BCUT2D eigenvalue weighted by Crippen LogP contribution is -2.42. The highest BCUT2D eigenvalue weighted by Crippen LogP contribution is 2.35. The predicted molar refractivity (Wildman–Crippen MR) is 151 cm³/mol. The first-order valence-electron chi connectivity index (χ1n) is 12.0. The Hall–Kier alpha value is -3.81. The van der Waals surface area contributed by atoms with Crippen molar-refractivity contribution in [3.63, 3.8) is 0 Å². The number of benzene rings is 4. The van der Waals surface area contributed by atoms with Gasteiger partial charge in [-0.2, -0.15) is 0 Å². The predicted octanol–water partition coefficient (Wildman–Crippen LogP) is 6.07. The summed E-state index contributed by atoms with van der Waals surface area (Å²) in [5.41, 5.74) is 3.88. The number of nitrogens with one attached hydrogen (secondary N) is 1. The zero-order valence-electron chi connectivity index (χ0n) is 21.4. The molecule has 0 spiro atoms. The summed E-state index contributed by atoms with van der Waals surface area (Å²) in [7, 11) is -2.72. The monoisotopic (exact) mass is 548 g/mol. The van der Waals surface area contributed by atoms with E-state index in [1.165, 1.54) is 25.3 Å². The molecule has 1 amide bonds. The molecule has 38 heavy (non-hydrogen) atoms. The number of hydrogen-bond acceptors (Lipinski definition) is 4. The van der Waals surface area contributed by atoms with Crippen LogP contribution in [0.1, 0.15) is 28.3 Å². The van der Waals surface area contributed by atoms with Crippen molar-refractivity contribution in [1.29, 1.82) is 0 Å². The second-order valence-corrected chi connectivity index (χ2v) is 11.2. The van der Waals surface area contributed by atoms with Crippen LogP contribution < -0.4 is 14.4 Å². The minimum atomic E-state index is -4.15. The maximum Gasteiger partial charge on any atom is 0.264 e. The van der Waals surface area contributed by atoms with E-state index in [4.69, 9.17) is 16.3 Å². The minimum absolute atomic E-state index is 0.0523. The fourth-order valence-electron chi connectivity index (χ4n) is 4.23. The smallest absolute Gasteiger partial charge is 0.264 e. The SMILES string of the molecule is COc1ccc(Cl)cc1N(CC(=O)N[C@H](c1ccccc1)c1ccccc1C)S(=O)(=O)c1ccc(C)cc1. The number of aryl methyl sites for hydroxylation is 2. The number of carbonyl (C=O) groups excluding carboxylic acids is 1. The van der Waals surface area contributed by atoms with E-state index in [-0.39, 0.29) is 16.3 Å². The van der Waals surface area contributed by atoms with Crippen LogP contribution in [0, 0.1) is 13.8 Å². The molecule has 0 aliphatic heterocycles. The van der Waals surface area contributed by atoms with Crippen LogP contribution in [-0.2, 0) is 14.8 Å². The lowest BCUT2D eigenvalue weighted by atomic mass is 9.95. The van der Waals surface area contributed by atoms with Crippen molar-refractivity contribution in [2.45, 2.75) is 24.8 Å². The third-order valence-electron chi connectivity index (χ3n) is 6.24. The van der Waals surface area contributed by atoms with Crippen molar-refractivity contribution in [1.82, 2.24) is 5.32 Å². The topological polar surface area (TPSA) is 75.7 Å². The maximum absolute atomic E-state index is 13.9. The molecule has 4 aromatic carbocycles. The van der Waals surface area contributed by atoms with Crippen molar-refractivity contribution >= 4 is 33.2 Å². The molecular formula is C30H29ClN2O4S. The van der Waals surface area contributed by atoms with Crippen molar-refractivity contribution in [3.05, 3.63) is 124 Å². The van der Waals surface area contributed by atoms with E-state index in [1.807, 2.05) is 68.4 Å². The fraction of sp³-hybridized carbons (Fsp3) is 0.167. The van der Waals surface area contributed by atoms with Crippen LogP contribution in [0.5, 0.6) is 5.75 Å². The van der Waals surface area contributed by atoms with Crippen LogP contribution >= 0.6 is 11.6 Å². The number of nitrogens with zero attached hydrogens (tertiary/aromatic N) is 1. The lowest BCUT2D eigenvalue weighted by Gasteiger charge is -2.28. The van der Waals surface area contributed by atoms with E-state index in [1.54, 1.807) is 24.3 Å². The molecule has 0 fully saturated rings. The van der Waals surface area contributed by atoms with Gasteiger partial charge in [0.05, 0.1) is 23.7 Å². The van der Waals surface area contributed by atoms with Gasteiger partial charge in [-0.05, 0) is 60.9 Å². The van der Waals surface area contributed by atoms with Gasteiger partial charge in [0.15, 0.2) is 0 Å². The number of methoxy groups -OCH3 is 1. The molecular weight excluding hydrogens is 520 g/mol. The first kappa shape index (κ1) is 27.2. The fourth-order valence-corrected chi connectivity index (χ4v) is 5.82. The van der Waals surface area contributed by atoms with Crippen LogP contribution in [-0.4, -0.2) is 28.0 Å². The zero-order valence-corrected chi connectivity index (χ0v) is 23.0. The summed E-state index contributed by atoms with van der Waals surface area (Å²) in [6.07, 6.45) is 0. The summed E-state index contributed by atoms with van der Waals surface area (Å²) in [4.78, 5) is 13.7. The van der Waals surface area contributed by atoms with E-state index in [0.717, 1.165) is 26.6 Å². The highest BCUT2D eigenvalue weighted by Gasteiger charge is 2.31. The molecule has 0 heterocycles. The maximum atomic E-state index is 13.9. The van der Waals surface area contributed by atoms with Crippen molar-refractivity contribution in [2.75, 3.05) is 18.0 Å². The second-order valence-electron chi connectivity index (χ2n) is 8.91. The van der Waals surface area contributed by atoms with Crippen LogP contribution in [0.3, 0.4) is 0 Å². The van der Waals surface area contributed by atoms with Gasteiger partial charge < -0.3 is 10.1 Å². The Labute approximate surface area is 228 Å². The molecule has 0 bridgehead atoms. The van der Waals surface area contributed by atoms with Crippen molar-refractivity contribution < 1.29 is 17.9 Å². The number of ether oxygens (including phenoxy) is 1. The number of rotatable bonds is 9. The average Bonchev–Trinajstić information content (AvgIpc) is 2.91. The summed E-state index contributed by atoms with van der Waals surface area (Å²) in [6, 6.07) is 28.0. The highest BCUT2D eigenvalue weighted by molar-refractivity contribution is 7.92. The van der Waals surface area contributed by atoms with E-state index < -0.39 is 28.5 Å². The van der Waals surface area contributed by atoms with E-state index >= 15 is 0 Å². The number of carbonyl (C=O) groups is 1. The quantitative estimate of drug-likeness (QED) is 0.275. The van der Waals surface area contributed by atoms with Crippen molar-refractivity contribution in [2.24, 2.45) is 0 Å². The number of hydrogen-bond donors (Lipinski definition) is 1. The molecule has 0 unspecified atom stereocenters. The standard InChI is InChI=1S/C30H29ClN2O4S/c1-21-13-16-25(17-14-21)38(35,36)33(27-19-24(31)15-18-28(27)37-3)20-29(34)32-30(23-10-5-4-6-11-23)26-12-8-7-9-22(26)2/h4-19,30H,20H2,1-3H3,(H,32,34)/t30-/m1/s1. The first-order valence-corrected chi connectivity index (χ1v) is 13.9. The highest BCUT2D eigenvalue weighted by atomic mass is 35.5. The normalized spacial score (nSPS) is 12.0. The average molecular weight is 549 g/mol. The summed E-state index contributed by atoms with van der Waals surface area (Å²) < 4.78 is 34.3. The van der Waals surface area contributed by atoms with Gasteiger partial charge in [-0.25, -0.2) is 8.42 Å². The number of amides is 1. The van der Waals surface area contributed by atoms with Crippen molar-refractivity contribution in [3.8, 4) is 5.75 Å². The van der Waals surface area contributed by atoms with Gasteiger partial charge in [0, 0.05) is 5.02 Å². The minimum Gasteiger partial charge on any atom is -0.495 e. The van der Waals surface area contributed by atoms with Gasteiger partial charge in [0.25, 0.3) is 10.0 Å². The van der Waals surface area contributed by atoms with E-state index in [9.17, 15) is 13.2 Å². The van der Waals surface area contributed by atoms with Gasteiger partial charge in [-0.15, -0.1) is 0 Å². The molecule has 0 radical (unpaired) electrons. The Bertz CT molecular complexity index is 1520. The van der Waals surface area contributed by atoms with Gasteiger partial charge >= 0.3 is 0 Å². The molecule has 0 saturated heterocycles. The third-order valence-corrected chi connectivity index (χ3v) is 8.25. The Kier molecular flexibility index (Phi) is 8.39. The molecule has 8 heteroatoms. The molecule has 1 atom stereocenters. The summed E-state index contributed by atoms with van der Waals surface area (Å²) in [5, 5.41) is 3.37. The number of anilines is 1. The molecule has 0 aliphatic carbocycles. The Morgan fingerprint density at radius 1 is 0.921 bits per heavy atom. The zero-order chi connectivity index (χ0) is 27.3. The van der Waals surface area contributed by atoms with Crippen LogP contribution in [0.2, 0.25) is 5.02 Å². The molecule has 0 saturated carbocycles. The Morgan fingerprint density at radius 3 is 2.24 bits per heavy atom. The molecule has 0 aromatic heterocycles. The Morgan fingerprint density at radius 2 is 1.58 bits per heavy atom. The Balaban J connectivity index is 1.75. The summed E-state index contributed by atoms with van der Waals surface area (Å²) in [5.74, 6) is -0.212. The summed E-state index contributed by atoms with van der Waals surface area (Å²) in [6.45, 7) is 3.36. The van der Waals surface area contributed by atoms with Crippen LogP contribution in [0.4, 0.5) is 5.69 Å². The third kappa shape index (κ3) is 6.01. The van der Waals surface area contributed by atoms with E-state index in [2.05, 4.69) is 5.32 Å². The molecule has 4 rings (SSSR count). The van der Waals surface area contributed by atoms with Crippen LogP contribution in [0.25, 0.3) is 0 Å². The van der Waals surface area contributed by atoms with E-state index in [0.29, 0.717) is 5.02 Å². The number of sulfonamides is 1. The second kappa shape index (κ2) is 11.7. The number of halogens is 1. The lowest BCUT2D eigenvalue weighted by molar-refractivity contribution is -0.120. The first-order chi connectivity index (χ1) is 18.2. The van der Waals surface area contributed by atoms with Gasteiger partial charge in [0.2, 0.25) is 5.91 Å². The summed E-state index contributed by atoms with van der Waals surface area (Å²) >= 11 is 6.26. The molecule has 196 valence electrons. The molecule has 1 N–H and O–H groups in total. The van der Waals surface area contributed by atoms with Gasteiger partial charge in [-0.1, -0.05) is 83.9 Å². The van der Waals surface area contributed by atoms with Gasteiger partial charge in [0.1, 0.15) is 12.3 Å². The molecule has 0 aliphatic rings.